The Morgan fingerprint density at radius 2 is 1.88 bits per heavy atom. The number of benzene rings is 2. The lowest BCUT2D eigenvalue weighted by atomic mass is 10.3. The predicted octanol–water partition coefficient (Wildman–Crippen LogP) is 3.93. The minimum atomic E-state index is -0.281. The molecule has 0 bridgehead atoms. The lowest BCUT2D eigenvalue weighted by molar-refractivity contribution is -0.111. The quantitative estimate of drug-likeness (QED) is 0.579. The zero-order valence-electron chi connectivity index (χ0n) is 12.8. The Bertz CT molecular complexity index is 1040. The number of nitrogens with one attached hydrogen (secondary N) is 1. The fourth-order valence-electron chi connectivity index (χ4n) is 2.41. The second kappa shape index (κ2) is 5.66. The summed E-state index contributed by atoms with van der Waals surface area (Å²) in [6.45, 7) is 1.78. The van der Waals surface area contributed by atoms with E-state index >= 15 is 0 Å². The zero-order chi connectivity index (χ0) is 16.5. The van der Waals surface area contributed by atoms with Crippen LogP contribution in [0.2, 0.25) is 0 Å². The smallest absolute Gasteiger partial charge is 0.248 e. The minimum absolute atomic E-state index is 0.281. The van der Waals surface area contributed by atoms with E-state index in [1.165, 1.54) is 12.2 Å². The maximum absolute atomic E-state index is 12.0. The van der Waals surface area contributed by atoms with Gasteiger partial charge in [0.15, 0.2) is 17.1 Å². The molecule has 1 N–H and O–H groups in total. The summed E-state index contributed by atoms with van der Waals surface area (Å²) in [5, 5.41) is 2.77. The van der Waals surface area contributed by atoms with Crippen LogP contribution >= 0.6 is 0 Å². The van der Waals surface area contributed by atoms with Gasteiger partial charge in [-0.15, -0.1) is 0 Å². The summed E-state index contributed by atoms with van der Waals surface area (Å²) in [7, 11) is 0. The molecule has 2 aromatic carbocycles. The zero-order valence-corrected chi connectivity index (χ0v) is 12.8. The molecule has 4 rings (SSSR count). The van der Waals surface area contributed by atoms with E-state index in [-0.39, 0.29) is 5.91 Å². The third kappa shape index (κ3) is 2.77. The first kappa shape index (κ1) is 14.2. The number of nitrogens with zero attached hydrogens (tertiary/aromatic N) is 2. The summed E-state index contributed by atoms with van der Waals surface area (Å²) in [6, 6.07) is 12.7. The van der Waals surface area contributed by atoms with Crippen LogP contribution in [0.3, 0.4) is 0 Å². The molecule has 2 heterocycles. The summed E-state index contributed by atoms with van der Waals surface area (Å²) in [6.07, 6.45) is 2.91. The Labute approximate surface area is 136 Å². The molecule has 24 heavy (non-hydrogen) atoms. The Hall–Kier alpha value is -3.41. The van der Waals surface area contributed by atoms with Gasteiger partial charge in [-0.25, -0.2) is 9.97 Å². The molecule has 6 heteroatoms. The van der Waals surface area contributed by atoms with Crippen molar-refractivity contribution in [2.75, 3.05) is 5.32 Å². The Kier molecular flexibility index (Phi) is 3.35. The van der Waals surface area contributed by atoms with E-state index in [2.05, 4.69) is 15.3 Å². The van der Waals surface area contributed by atoms with Gasteiger partial charge in [0.2, 0.25) is 11.8 Å². The molecular formula is C18H13N3O3. The highest BCUT2D eigenvalue weighted by molar-refractivity contribution is 6.02. The first-order valence-electron chi connectivity index (χ1n) is 7.39. The summed E-state index contributed by atoms with van der Waals surface area (Å²) >= 11 is 0. The number of oxazole rings is 2. The summed E-state index contributed by atoms with van der Waals surface area (Å²) in [5.41, 5.74) is 3.47. The average molecular weight is 319 g/mol. The standard InChI is InChI=1S/C18H13N3O3/c1-11-19-14-10-12(6-7-16(14)23-11)20-17(22)8-9-18-21-13-4-2-3-5-15(13)24-18/h2-10H,1H3,(H,20,22). The number of para-hydroxylation sites is 2. The van der Waals surface area contributed by atoms with Crippen molar-refractivity contribution >= 4 is 39.9 Å². The lowest BCUT2D eigenvalue weighted by Crippen LogP contribution is -2.07. The molecule has 0 aliphatic heterocycles. The third-order valence-corrected chi connectivity index (χ3v) is 3.45. The molecule has 4 aromatic rings. The number of aromatic nitrogens is 2. The summed E-state index contributed by atoms with van der Waals surface area (Å²) in [4.78, 5) is 20.5. The van der Waals surface area contributed by atoms with Crippen molar-refractivity contribution in [3.8, 4) is 0 Å². The maximum atomic E-state index is 12.0. The van der Waals surface area contributed by atoms with E-state index in [1.807, 2.05) is 24.3 Å². The molecule has 0 spiro atoms. The lowest BCUT2D eigenvalue weighted by Gasteiger charge is -2.00. The van der Waals surface area contributed by atoms with Crippen molar-refractivity contribution in [1.82, 2.24) is 9.97 Å². The molecule has 118 valence electrons. The normalized spacial score (nSPS) is 11.5. The predicted molar refractivity (Wildman–Crippen MR) is 90.4 cm³/mol. The second-order valence-corrected chi connectivity index (χ2v) is 5.26. The van der Waals surface area contributed by atoms with Gasteiger partial charge < -0.3 is 14.2 Å². The molecule has 0 aliphatic carbocycles. The fraction of sp³-hybridized carbons (Fsp3) is 0.0556. The number of aryl methyl sites for hydroxylation is 1. The van der Waals surface area contributed by atoms with Gasteiger partial charge in [0.05, 0.1) is 0 Å². The van der Waals surface area contributed by atoms with Crippen molar-refractivity contribution in [3.05, 3.63) is 60.3 Å². The summed E-state index contributed by atoms with van der Waals surface area (Å²) in [5.74, 6) is 0.690. The SMILES string of the molecule is Cc1nc2cc(NC(=O)C=Cc3nc4ccccc4o3)ccc2o1. The van der Waals surface area contributed by atoms with Gasteiger partial charge >= 0.3 is 0 Å². The topological polar surface area (TPSA) is 81.2 Å². The molecule has 1 amide bonds. The van der Waals surface area contributed by atoms with Gasteiger partial charge in [-0.3, -0.25) is 4.79 Å². The number of rotatable bonds is 3. The van der Waals surface area contributed by atoms with Crippen LogP contribution in [0.4, 0.5) is 5.69 Å². The Balaban J connectivity index is 1.50. The highest BCUT2D eigenvalue weighted by Crippen LogP contribution is 2.20. The number of amides is 1. The number of carbonyl (C=O) groups is 1. The molecule has 0 atom stereocenters. The molecule has 6 nitrogen and oxygen atoms in total. The highest BCUT2D eigenvalue weighted by atomic mass is 16.4. The van der Waals surface area contributed by atoms with E-state index in [1.54, 1.807) is 25.1 Å². The van der Waals surface area contributed by atoms with Gasteiger partial charge in [-0.05, 0) is 30.3 Å². The Morgan fingerprint density at radius 3 is 2.75 bits per heavy atom. The van der Waals surface area contributed by atoms with E-state index in [0.29, 0.717) is 34.2 Å². The van der Waals surface area contributed by atoms with Crippen molar-refractivity contribution in [2.24, 2.45) is 0 Å². The molecule has 0 unspecified atom stereocenters. The van der Waals surface area contributed by atoms with Crippen LogP contribution in [0, 0.1) is 6.92 Å². The molecule has 2 aromatic heterocycles. The van der Waals surface area contributed by atoms with Crippen LogP contribution in [-0.2, 0) is 4.79 Å². The van der Waals surface area contributed by atoms with Crippen LogP contribution in [-0.4, -0.2) is 15.9 Å². The largest absolute Gasteiger partial charge is 0.441 e. The van der Waals surface area contributed by atoms with Crippen molar-refractivity contribution in [2.45, 2.75) is 6.92 Å². The fourth-order valence-corrected chi connectivity index (χ4v) is 2.41. The number of anilines is 1. The van der Waals surface area contributed by atoms with Crippen LogP contribution < -0.4 is 5.32 Å². The second-order valence-electron chi connectivity index (χ2n) is 5.26. The average Bonchev–Trinajstić information content (AvgIpc) is 3.14. The highest BCUT2D eigenvalue weighted by Gasteiger charge is 2.06. The van der Waals surface area contributed by atoms with Gasteiger partial charge in [0, 0.05) is 24.8 Å². The first-order valence-corrected chi connectivity index (χ1v) is 7.39. The number of hydrogen-bond acceptors (Lipinski definition) is 5. The van der Waals surface area contributed by atoms with Crippen molar-refractivity contribution in [3.63, 3.8) is 0 Å². The van der Waals surface area contributed by atoms with E-state index in [4.69, 9.17) is 8.83 Å². The number of hydrogen-bond donors (Lipinski definition) is 1. The third-order valence-electron chi connectivity index (χ3n) is 3.45. The van der Waals surface area contributed by atoms with E-state index in [0.717, 1.165) is 5.52 Å². The van der Waals surface area contributed by atoms with E-state index < -0.39 is 0 Å². The van der Waals surface area contributed by atoms with Crippen molar-refractivity contribution < 1.29 is 13.6 Å². The van der Waals surface area contributed by atoms with Crippen LogP contribution in [0.5, 0.6) is 0 Å². The number of carbonyl (C=O) groups excluding carboxylic acids is 1. The van der Waals surface area contributed by atoms with Crippen LogP contribution in [0.15, 0.2) is 57.4 Å². The maximum Gasteiger partial charge on any atom is 0.248 e. The molecule has 0 saturated carbocycles. The van der Waals surface area contributed by atoms with E-state index in [9.17, 15) is 4.79 Å². The Morgan fingerprint density at radius 1 is 1.04 bits per heavy atom. The van der Waals surface area contributed by atoms with Gasteiger partial charge in [-0.1, -0.05) is 12.1 Å². The van der Waals surface area contributed by atoms with Gasteiger partial charge in [-0.2, -0.15) is 0 Å². The molecule has 0 saturated heterocycles. The van der Waals surface area contributed by atoms with Gasteiger partial charge in [0.25, 0.3) is 0 Å². The minimum Gasteiger partial charge on any atom is -0.441 e. The molecule has 0 radical (unpaired) electrons. The van der Waals surface area contributed by atoms with Crippen LogP contribution in [0.1, 0.15) is 11.8 Å². The first-order chi connectivity index (χ1) is 11.7. The van der Waals surface area contributed by atoms with Crippen LogP contribution in [0.25, 0.3) is 28.3 Å². The van der Waals surface area contributed by atoms with Crippen molar-refractivity contribution in [1.29, 1.82) is 0 Å². The molecule has 0 aliphatic rings. The van der Waals surface area contributed by atoms with Gasteiger partial charge in [0.1, 0.15) is 11.0 Å². The molecule has 0 fully saturated rings. The number of fused-ring (bicyclic) bond motifs is 2. The summed E-state index contributed by atoms with van der Waals surface area (Å²) < 4.78 is 10.9. The molecular weight excluding hydrogens is 306 g/mol. The monoisotopic (exact) mass is 319 g/mol.